The average molecular weight is 320 g/mol. The summed E-state index contributed by atoms with van der Waals surface area (Å²) in [6.45, 7) is 4.24. The van der Waals surface area contributed by atoms with Crippen molar-refractivity contribution in [1.29, 1.82) is 0 Å². The molecule has 2 nitrogen and oxygen atoms in total. The Morgan fingerprint density at radius 3 is 2.72 bits per heavy atom. The number of nitrogens with zero attached hydrogens (tertiary/aromatic N) is 1. The lowest BCUT2D eigenvalue weighted by atomic mass is 10.2. The quantitative estimate of drug-likeness (QED) is 0.816. The van der Waals surface area contributed by atoms with Gasteiger partial charge in [0.15, 0.2) is 0 Å². The monoisotopic (exact) mass is 319 g/mol. The molecule has 1 atom stereocenters. The highest BCUT2D eigenvalue weighted by Gasteiger charge is 2.10. The van der Waals surface area contributed by atoms with Crippen LogP contribution < -0.4 is 0 Å². The lowest BCUT2D eigenvalue weighted by Crippen LogP contribution is -1.99. The molecule has 2 aromatic rings. The Bertz CT molecular complexity index is 547. The van der Waals surface area contributed by atoms with Crippen molar-refractivity contribution in [2.45, 2.75) is 31.3 Å². The fourth-order valence-electron chi connectivity index (χ4n) is 1.46. The van der Waals surface area contributed by atoms with E-state index in [9.17, 15) is 4.21 Å². The van der Waals surface area contributed by atoms with Gasteiger partial charge in [0.2, 0.25) is 0 Å². The highest BCUT2D eigenvalue weighted by atomic mass is 35.5. The van der Waals surface area contributed by atoms with Gasteiger partial charge in [-0.3, -0.25) is 4.21 Å². The van der Waals surface area contributed by atoms with Gasteiger partial charge < -0.3 is 0 Å². The summed E-state index contributed by atoms with van der Waals surface area (Å²) in [5, 5.41) is 3.12. The molecule has 2 heterocycles. The van der Waals surface area contributed by atoms with Crippen molar-refractivity contribution in [2.75, 3.05) is 0 Å². The summed E-state index contributed by atoms with van der Waals surface area (Å²) in [5.41, 5.74) is 0.935. The molecule has 0 saturated heterocycles. The van der Waals surface area contributed by atoms with Gasteiger partial charge in [0.1, 0.15) is 0 Å². The lowest BCUT2D eigenvalue weighted by Gasteiger charge is -1.98. The van der Waals surface area contributed by atoms with E-state index in [-0.39, 0.29) is 0 Å². The van der Waals surface area contributed by atoms with Gasteiger partial charge in [-0.25, -0.2) is 4.98 Å². The van der Waals surface area contributed by atoms with Gasteiger partial charge in [-0.2, -0.15) is 0 Å². The standard InChI is InChI=1S/C12H14ClNOS3/c1-8(2)12-14-9(5-16-12)6-18(15)7-10-3-4-11(13)17-10/h3-5,8H,6-7H2,1-2H3/t18-/m1/s1. The molecule has 0 amide bonds. The van der Waals surface area contributed by atoms with Crippen LogP contribution in [0.1, 0.15) is 35.3 Å². The van der Waals surface area contributed by atoms with Crippen LogP contribution in [0.25, 0.3) is 0 Å². The van der Waals surface area contributed by atoms with Crippen molar-refractivity contribution >= 4 is 45.1 Å². The summed E-state index contributed by atoms with van der Waals surface area (Å²) in [4.78, 5) is 5.57. The Labute approximate surface area is 122 Å². The zero-order valence-electron chi connectivity index (χ0n) is 10.2. The van der Waals surface area contributed by atoms with Crippen molar-refractivity contribution in [3.8, 4) is 0 Å². The Kier molecular flexibility index (Phi) is 4.95. The summed E-state index contributed by atoms with van der Waals surface area (Å²) < 4.78 is 12.8. The Hall–Kier alpha value is -0.230. The summed E-state index contributed by atoms with van der Waals surface area (Å²) >= 11 is 8.99. The summed E-state index contributed by atoms with van der Waals surface area (Å²) in [6, 6.07) is 3.78. The third-order valence-corrected chi connectivity index (χ3v) is 6.16. The van der Waals surface area contributed by atoms with Crippen LogP contribution in [-0.2, 0) is 22.3 Å². The highest BCUT2D eigenvalue weighted by Crippen LogP contribution is 2.24. The molecule has 2 aromatic heterocycles. The van der Waals surface area contributed by atoms with Gasteiger partial charge in [0, 0.05) is 27.0 Å². The number of aromatic nitrogens is 1. The number of thiazole rings is 1. The molecule has 98 valence electrons. The van der Waals surface area contributed by atoms with Gasteiger partial charge >= 0.3 is 0 Å². The molecule has 2 rings (SSSR count). The fraction of sp³-hybridized carbons (Fsp3) is 0.417. The van der Waals surface area contributed by atoms with Crippen LogP contribution in [0.15, 0.2) is 17.5 Å². The van der Waals surface area contributed by atoms with Crippen LogP contribution in [0.3, 0.4) is 0 Å². The predicted octanol–water partition coefficient (Wildman–Crippen LogP) is 4.43. The average Bonchev–Trinajstić information content (AvgIpc) is 2.88. The van der Waals surface area contributed by atoms with Gasteiger partial charge in [-0.15, -0.1) is 22.7 Å². The first-order valence-corrected chi connectivity index (χ1v) is 9.14. The van der Waals surface area contributed by atoms with E-state index in [2.05, 4.69) is 18.8 Å². The molecule has 0 radical (unpaired) electrons. The van der Waals surface area contributed by atoms with Gasteiger partial charge in [0.25, 0.3) is 0 Å². The fourth-order valence-corrected chi connectivity index (χ4v) is 4.90. The number of halogens is 1. The molecule has 0 aliphatic heterocycles. The van der Waals surface area contributed by atoms with Crippen LogP contribution in [-0.4, -0.2) is 9.19 Å². The number of rotatable bonds is 5. The first-order chi connectivity index (χ1) is 8.54. The van der Waals surface area contributed by atoms with E-state index in [4.69, 9.17) is 11.6 Å². The van der Waals surface area contributed by atoms with Crippen LogP contribution in [0.2, 0.25) is 4.34 Å². The first kappa shape index (κ1) is 14.2. The van der Waals surface area contributed by atoms with Crippen LogP contribution in [0.5, 0.6) is 0 Å². The van der Waals surface area contributed by atoms with Crippen molar-refractivity contribution in [1.82, 2.24) is 4.98 Å². The molecule has 0 unspecified atom stereocenters. The molecule has 6 heteroatoms. The Morgan fingerprint density at radius 1 is 1.39 bits per heavy atom. The molecule has 0 saturated carbocycles. The van der Waals surface area contributed by atoms with Crippen molar-refractivity contribution in [3.05, 3.63) is 37.4 Å². The van der Waals surface area contributed by atoms with Crippen LogP contribution in [0.4, 0.5) is 0 Å². The third-order valence-electron chi connectivity index (χ3n) is 2.30. The SMILES string of the molecule is CC(C)c1nc(C[S@@](=O)Cc2ccc(Cl)s2)cs1. The first-order valence-electron chi connectivity index (χ1n) is 5.58. The van der Waals surface area contributed by atoms with Crippen LogP contribution >= 0.6 is 34.3 Å². The second kappa shape index (κ2) is 6.28. The molecule has 0 aromatic carbocycles. The number of hydrogen-bond acceptors (Lipinski definition) is 4. The molecular weight excluding hydrogens is 306 g/mol. The molecule has 0 aliphatic carbocycles. The maximum atomic E-state index is 12.0. The summed E-state index contributed by atoms with van der Waals surface area (Å²) in [5.74, 6) is 1.53. The number of hydrogen-bond donors (Lipinski definition) is 0. The van der Waals surface area contributed by atoms with Gasteiger partial charge in [-0.1, -0.05) is 25.4 Å². The van der Waals surface area contributed by atoms with Crippen molar-refractivity contribution in [3.63, 3.8) is 0 Å². The highest BCUT2D eigenvalue weighted by molar-refractivity contribution is 7.83. The predicted molar refractivity (Wildman–Crippen MR) is 81.1 cm³/mol. The minimum absolute atomic E-state index is 0.438. The van der Waals surface area contributed by atoms with E-state index in [1.165, 1.54) is 11.3 Å². The van der Waals surface area contributed by atoms with E-state index in [1.807, 2.05) is 17.5 Å². The summed E-state index contributed by atoms with van der Waals surface area (Å²) in [7, 11) is -0.913. The van der Waals surface area contributed by atoms with Crippen molar-refractivity contribution < 1.29 is 4.21 Å². The smallest absolute Gasteiger partial charge is 0.0954 e. The van der Waals surface area contributed by atoms with E-state index in [0.29, 0.717) is 17.4 Å². The third kappa shape index (κ3) is 3.88. The largest absolute Gasteiger partial charge is 0.259 e. The van der Waals surface area contributed by atoms with Crippen LogP contribution in [0, 0.1) is 0 Å². The topological polar surface area (TPSA) is 30.0 Å². The Balaban J connectivity index is 1.94. The lowest BCUT2D eigenvalue weighted by molar-refractivity contribution is 0.682. The molecule has 0 aliphatic rings. The van der Waals surface area contributed by atoms with E-state index >= 15 is 0 Å². The number of thiophene rings is 1. The normalized spacial score (nSPS) is 13.1. The summed E-state index contributed by atoms with van der Waals surface area (Å²) in [6.07, 6.45) is 0. The second-order valence-electron chi connectivity index (χ2n) is 4.27. The zero-order valence-corrected chi connectivity index (χ0v) is 13.4. The van der Waals surface area contributed by atoms with E-state index < -0.39 is 10.8 Å². The molecular formula is C12H14ClNOS3. The zero-order chi connectivity index (χ0) is 13.1. The molecule has 18 heavy (non-hydrogen) atoms. The van der Waals surface area contributed by atoms with Gasteiger partial charge in [0.05, 0.1) is 26.5 Å². The second-order valence-corrected chi connectivity index (χ2v) is 8.41. The molecule has 0 spiro atoms. The maximum Gasteiger partial charge on any atom is 0.0954 e. The van der Waals surface area contributed by atoms with E-state index in [0.717, 1.165) is 19.9 Å². The molecule has 0 fully saturated rings. The van der Waals surface area contributed by atoms with Crippen molar-refractivity contribution in [2.24, 2.45) is 0 Å². The van der Waals surface area contributed by atoms with E-state index in [1.54, 1.807) is 11.3 Å². The minimum atomic E-state index is -0.913. The van der Waals surface area contributed by atoms with Gasteiger partial charge in [-0.05, 0) is 12.1 Å². The maximum absolute atomic E-state index is 12.0. The molecule has 0 bridgehead atoms. The Morgan fingerprint density at radius 2 is 2.17 bits per heavy atom. The minimum Gasteiger partial charge on any atom is -0.259 e. The molecule has 0 N–H and O–H groups in total.